The van der Waals surface area contributed by atoms with Gasteiger partial charge in [-0.2, -0.15) is 0 Å². The second-order valence-corrected chi connectivity index (χ2v) is 7.77. The molecule has 150 valence electrons. The molecular weight excluding hydrogens is 382 g/mol. The molecule has 3 rings (SSSR count). The summed E-state index contributed by atoms with van der Waals surface area (Å²) in [6.07, 6.45) is 0. The van der Waals surface area contributed by atoms with Crippen molar-refractivity contribution in [1.29, 1.82) is 0 Å². The maximum atomic E-state index is 12.6. The van der Waals surface area contributed by atoms with Crippen molar-refractivity contribution in [3.8, 4) is 11.5 Å². The molecule has 28 heavy (non-hydrogen) atoms. The normalized spacial score (nSPS) is 12.9. The van der Waals surface area contributed by atoms with Gasteiger partial charge >= 0.3 is 6.03 Å². The first kappa shape index (κ1) is 19.8. The molecule has 0 radical (unpaired) electrons. The van der Waals surface area contributed by atoms with E-state index in [1.165, 1.54) is 12.1 Å². The van der Waals surface area contributed by atoms with Crippen LogP contribution in [0.5, 0.6) is 11.5 Å². The number of rotatable bonds is 6. The molecule has 0 fully saturated rings. The number of hydrogen-bond acceptors (Lipinski definition) is 5. The zero-order chi connectivity index (χ0) is 20.1. The van der Waals surface area contributed by atoms with E-state index in [1.54, 1.807) is 35.2 Å². The number of benzene rings is 2. The van der Waals surface area contributed by atoms with Gasteiger partial charge in [-0.3, -0.25) is 4.72 Å². The number of urea groups is 1. The Morgan fingerprint density at radius 1 is 0.964 bits per heavy atom. The fourth-order valence-electron chi connectivity index (χ4n) is 2.75. The molecule has 1 heterocycles. The minimum atomic E-state index is -3.78. The van der Waals surface area contributed by atoms with E-state index >= 15 is 0 Å². The highest BCUT2D eigenvalue weighted by molar-refractivity contribution is 7.92. The number of carbonyl (C=O) groups is 1. The lowest BCUT2D eigenvalue weighted by atomic mass is 10.3. The van der Waals surface area contributed by atoms with Crippen LogP contribution in [0.4, 0.5) is 16.2 Å². The Morgan fingerprint density at radius 2 is 1.57 bits per heavy atom. The largest absolute Gasteiger partial charge is 0.486 e. The summed E-state index contributed by atoms with van der Waals surface area (Å²) >= 11 is 0. The van der Waals surface area contributed by atoms with Crippen molar-refractivity contribution >= 4 is 27.4 Å². The van der Waals surface area contributed by atoms with Crippen LogP contribution in [0.2, 0.25) is 0 Å². The van der Waals surface area contributed by atoms with Crippen LogP contribution in [0.3, 0.4) is 0 Å². The number of amides is 2. The van der Waals surface area contributed by atoms with E-state index in [-0.39, 0.29) is 10.9 Å². The van der Waals surface area contributed by atoms with Gasteiger partial charge in [-0.25, -0.2) is 13.2 Å². The standard InChI is InChI=1S/C19H23N3O5S/c1-3-22(4-2)19(23)20-14-5-8-16(9-6-14)28(24,25)21-15-7-10-17-18(13-15)27-12-11-26-17/h5-10,13,21H,3-4,11-12H2,1-2H3,(H,20,23). The molecule has 2 aromatic rings. The van der Waals surface area contributed by atoms with Crippen LogP contribution in [0.1, 0.15) is 13.8 Å². The number of anilines is 2. The minimum Gasteiger partial charge on any atom is -0.486 e. The first-order chi connectivity index (χ1) is 13.4. The Balaban J connectivity index is 1.71. The van der Waals surface area contributed by atoms with Gasteiger partial charge < -0.3 is 19.7 Å². The Bertz CT molecular complexity index is 941. The first-order valence-electron chi connectivity index (χ1n) is 9.01. The van der Waals surface area contributed by atoms with Crippen molar-refractivity contribution in [3.63, 3.8) is 0 Å². The molecule has 0 bridgehead atoms. The molecule has 0 saturated carbocycles. The molecule has 9 heteroatoms. The summed E-state index contributed by atoms with van der Waals surface area (Å²) in [6.45, 7) is 5.85. The monoisotopic (exact) mass is 405 g/mol. The number of sulfonamides is 1. The molecule has 0 aromatic heterocycles. The molecular formula is C19H23N3O5S. The third kappa shape index (κ3) is 4.48. The van der Waals surface area contributed by atoms with Crippen LogP contribution in [-0.4, -0.2) is 45.7 Å². The zero-order valence-electron chi connectivity index (χ0n) is 15.8. The number of ether oxygens (including phenoxy) is 2. The van der Waals surface area contributed by atoms with Gasteiger partial charge in [-0.05, 0) is 50.2 Å². The minimum absolute atomic E-state index is 0.0863. The van der Waals surface area contributed by atoms with E-state index in [1.807, 2.05) is 13.8 Å². The van der Waals surface area contributed by atoms with Crippen molar-refractivity contribution in [3.05, 3.63) is 42.5 Å². The number of nitrogens with one attached hydrogen (secondary N) is 2. The van der Waals surface area contributed by atoms with Crippen LogP contribution in [0.15, 0.2) is 47.4 Å². The topological polar surface area (TPSA) is 97.0 Å². The van der Waals surface area contributed by atoms with E-state index in [2.05, 4.69) is 10.0 Å². The van der Waals surface area contributed by atoms with Gasteiger partial charge in [-0.15, -0.1) is 0 Å². The van der Waals surface area contributed by atoms with Gasteiger partial charge in [-0.1, -0.05) is 0 Å². The Hall–Kier alpha value is -2.94. The van der Waals surface area contributed by atoms with Crippen LogP contribution < -0.4 is 19.5 Å². The van der Waals surface area contributed by atoms with Crippen molar-refractivity contribution in [2.75, 3.05) is 36.3 Å². The lowest BCUT2D eigenvalue weighted by Crippen LogP contribution is -2.34. The average Bonchev–Trinajstić information content (AvgIpc) is 2.69. The summed E-state index contributed by atoms with van der Waals surface area (Å²) in [5.74, 6) is 1.09. The summed E-state index contributed by atoms with van der Waals surface area (Å²) in [4.78, 5) is 13.8. The number of hydrogen-bond donors (Lipinski definition) is 2. The fourth-order valence-corrected chi connectivity index (χ4v) is 3.80. The van der Waals surface area contributed by atoms with E-state index in [0.29, 0.717) is 49.2 Å². The second kappa shape index (κ2) is 8.39. The number of nitrogens with zero attached hydrogens (tertiary/aromatic N) is 1. The molecule has 0 atom stereocenters. The maximum absolute atomic E-state index is 12.6. The highest BCUT2D eigenvalue weighted by atomic mass is 32.2. The van der Waals surface area contributed by atoms with E-state index in [9.17, 15) is 13.2 Å². The van der Waals surface area contributed by atoms with Crippen LogP contribution in [0, 0.1) is 0 Å². The van der Waals surface area contributed by atoms with E-state index < -0.39 is 10.0 Å². The van der Waals surface area contributed by atoms with Gasteiger partial charge in [0.15, 0.2) is 11.5 Å². The van der Waals surface area contributed by atoms with Crippen LogP contribution >= 0.6 is 0 Å². The van der Waals surface area contributed by atoms with E-state index in [4.69, 9.17) is 9.47 Å². The molecule has 2 N–H and O–H groups in total. The van der Waals surface area contributed by atoms with E-state index in [0.717, 1.165) is 0 Å². The summed E-state index contributed by atoms with van der Waals surface area (Å²) in [6, 6.07) is 10.6. The summed E-state index contributed by atoms with van der Waals surface area (Å²) in [7, 11) is -3.78. The number of carbonyl (C=O) groups excluding carboxylic acids is 1. The van der Waals surface area contributed by atoms with Crippen LogP contribution in [0.25, 0.3) is 0 Å². The molecule has 0 saturated heterocycles. The molecule has 8 nitrogen and oxygen atoms in total. The first-order valence-corrected chi connectivity index (χ1v) is 10.5. The molecule has 0 aliphatic carbocycles. The third-order valence-corrected chi connectivity index (χ3v) is 5.66. The molecule has 1 aliphatic rings. The van der Waals surface area contributed by atoms with Crippen molar-refractivity contribution in [2.45, 2.75) is 18.7 Å². The molecule has 2 amide bonds. The SMILES string of the molecule is CCN(CC)C(=O)Nc1ccc(S(=O)(=O)Nc2ccc3c(c2)OCCO3)cc1. The lowest BCUT2D eigenvalue weighted by molar-refractivity contribution is 0.171. The smallest absolute Gasteiger partial charge is 0.321 e. The van der Waals surface area contributed by atoms with Crippen molar-refractivity contribution in [2.24, 2.45) is 0 Å². The van der Waals surface area contributed by atoms with Crippen LogP contribution in [-0.2, 0) is 10.0 Å². The molecule has 1 aliphatic heterocycles. The zero-order valence-corrected chi connectivity index (χ0v) is 16.6. The van der Waals surface area contributed by atoms with Gasteiger partial charge in [0.05, 0.1) is 10.6 Å². The van der Waals surface area contributed by atoms with Gasteiger partial charge in [0.2, 0.25) is 0 Å². The Labute approximate surface area is 164 Å². The average molecular weight is 405 g/mol. The Morgan fingerprint density at radius 3 is 2.21 bits per heavy atom. The summed E-state index contributed by atoms with van der Waals surface area (Å²) in [5.41, 5.74) is 0.901. The maximum Gasteiger partial charge on any atom is 0.321 e. The predicted octanol–water partition coefficient (Wildman–Crippen LogP) is 3.13. The molecule has 0 spiro atoms. The van der Waals surface area contributed by atoms with Gasteiger partial charge in [0.25, 0.3) is 10.0 Å². The number of fused-ring (bicyclic) bond motifs is 1. The quantitative estimate of drug-likeness (QED) is 0.770. The van der Waals surface area contributed by atoms with Crippen molar-refractivity contribution in [1.82, 2.24) is 4.90 Å². The third-order valence-electron chi connectivity index (χ3n) is 4.26. The van der Waals surface area contributed by atoms with Crippen molar-refractivity contribution < 1.29 is 22.7 Å². The lowest BCUT2D eigenvalue weighted by Gasteiger charge is -2.19. The Kier molecular flexibility index (Phi) is 5.93. The molecule has 0 unspecified atom stereocenters. The second-order valence-electron chi connectivity index (χ2n) is 6.09. The highest BCUT2D eigenvalue weighted by Gasteiger charge is 2.18. The molecule has 2 aromatic carbocycles. The highest BCUT2D eigenvalue weighted by Crippen LogP contribution is 2.33. The summed E-state index contributed by atoms with van der Waals surface area (Å²) < 4.78 is 38.7. The predicted molar refractivity (Wildman–Crippen MR) is 107 cm³/mol. The van der Waals surface area contributed by atoms with Gasteiger partial charge in [0, 0.05) is 24.8 Å². The summed E-state index contributed by atoms with van der Waals surface area (Å²) in [5, 5.41) is 2.75. The fraction of sp³-hybridized carbons (Fsp3) is 0.316. The van der Waals surface area contributed by atoms with Gasteiger partial charge in [0.1, 0.15) is 13.2 Å².